The fraction of sp³-hybridized carbons (Fsp3) is 0.625. The minimum atomic E-state index is 0.310. The third-order valence-corrected chi connectivity index (χ3v) is 4.21. The molecule has 0 radical (unpaired) electrons. The Bertz CT molecular complexity index is 349. The van der Waals surface area contributed by atoms with Gasteiger partial charge in [-0.05, 0) is 43.7 Å². The van der Waals surface area contributed by atoms with Gasteiger partial charge in [0.25, 0.3) is 0 Å². The van der Waals surface area contributed by atoms with Crippen LogP contribution in [0.25, 0.3) is 0 Å². The highest BCUT2D eigenvalue weighted by Crippen LogP contribution is 2.22. The molecule has 0 aliphatic rings. The Hall–Kier alpha value is -0.470. The van der Waals surface area contributed by atoms with Crippen LogP contribution in [0.5, 0.6) is 0 Å². The first-order chi connectivity index (χ1) is 8.47. The second kappa shape index (κ2) is 7.85. The summed E-state index contributed by atoms with van der Waals surface area (Å²) in [5.41, 5.74) is 7.54. The summed E-state index contributed by atoms with van der Waals surface area (Å²) < 4.78 is 0. The summed E-state index contributed by atoms with van der Waals surface area (Å²) in [6.45, 7) is 9.01. The van der Waals surface area contributed by atoms with E-state index in [0.29, 0.717) is 6.04 Å². The maximum atomic E-state index is 6.22. The summed E-state index contributed by atoms with van der Waals surface area (Å²) in [5, 5.41) is 0. The van der Waals surface area contributed by atoms with Gasteiger partial charge in [0, 0.05) is 16.7 Å². The Morgan fingerprint density at radius 1 is 1.17 bits per heavy atom. The van der Waals surface area contributed by atoms with Crippen molar-refractivity contribution in [3.8, 4) is 0 Å². The van der Waals surface area contributed by atoms with Crippen LogP contribution in [0.3, 0.4) is 0 Å². The van der Waals surface area contributed by atoms with Crippen molar-refractivity contribution >= 4 is 11.8 Å². The predicted octanol–water partition coefficient (Wildman–Crippen LogP) is 4.49. The topological polar surface area (TPSA) is 26.0 Å². The summed E-state index contributed by atoms with van der Waals surface area (Å²) in [7, 11) is 0. The first-order valence-electron chi connectivity index (χ1n) is 6.92. The van der Waals surface area contributed by atoms with Crippen LogP contribution in [0.1, 0.15) is 39.2 Å². The van der Waals surface area contributed by atoms with E-state index >= 15 is 0 Å². The van der Waals surface area contributed by atoms with Crippen LogP contribution in [0, 0.1) is 18.8 Å². The molecule has 0 aliphatic carbocycles. The van der Waals surface area contributed by atoms with E-state index in [4.69, 9.17) is 5.73 Å². The van der Waals surface area contributed by atoms with Crippen LogP contribution < -0.4 is 5.73 Å². The van der Waals surface area contributed by atoms with Crippen LogP contribution in [-0.2, 0) is 0 Å². The van der Waals surface area contributed by atoms with Gasteiger partial charge in [-0.25, -0.2) is 0 Å². The standard InChI is InChI=1S/C16H27NS/c1-12(2)8-14(4)9-15(17)11-18-16-7-5-6-13(3)10-16/h5-7,10,12,14-15H,8-9,11,17H2,1-4H3. The van der Waals surface area contributed by atoms with E-state index in [2.05, 4.69) is 52.0 Å². The molecule has 18 heavy (non-hydrogen) atoms. The van der Waals surface area contributed by atoms with Crippen molar-refractivity contribution in [1.29, 1.82) is 0 Å². The number of aryl methyl sites for hydroxylation is 1. The average Bonchev–Trinajstić information content (AvgIpc) is 2.25. The Kier molecular flexibility index (Phi) is 6.80. The molecule has 0 spiro atoms. The summed E-state index contributed by atoms with van der Waals surface area (Å²) in [5.74, 6) is 2.53. The third-order valence-electron chi connectivity index (χ3n) is 3.03. The molecule has 102 valence electrons. The highest BCUT2D eigenvalue weighted by atomic mass is 32.2. The minimum absolute atomic E-state index is 0.310. The van der Waals surface area contributed by atoms with E-state index in [-0.39, 0.29) is 0 Å². The number of rotatable bonds is 7. The van der Waals surface area contributed by atoms with Gasteiger partial charge in [0.1, 0.15) is 0 Å². The molecular formula is C16H27NS. The van der Waals surface area contributed by atoms with Gasteiger partial charge < -0.3 is 5.73 Å². The molecule has 1 aromatic rings. The molecule has 2 heteroatoms. The third kappa shape index (κ3) is 6.46. The van der Waals surface area contributed by atoms with Crippen molar-refractivity contribution in [1.82, 2.24) is 0 Å². The van der Waals surface area contributed by atoms with Gasteiger partial charge in [-0.1, -0.05) is 38.5 Å². The van der Waals surface area contributed by atoms with Gasteiger partial charge in [-0.15, -0.1) is 11.8 Å². The van der Waals surface area contributed by atoms with E-state index in [9.17, 15) is 0 Å². The Morgan fingerprint density at radius 2 is 1.89 bits per heavy atom. The van der Waals surface area contributed by atoms with E-state index in [0.717, 1.165) is 24.0 Å². The van der Waals surface area contributed by atoms with Crippen molar-refractivity contribution in [3.05, 3.63) is 29.8 Å². The Morgan fingerprint density at radius 3 is 2.50 bits per heavy atom. The van der Waals surface area contributed by atoms with Crippen LogP contribution in [0.4, 0.5) is 0 Å². The molecule has 2 N–H and O–H groups in total. The second-order valence-electron chi connectivity index (χ2n) is 5.86. The van der Waals surface area contributed by atoms with E-state index in [1.165, 1.54) is 16.9 Å². The molecule has 1 rings (SSSR count). The highest BCUT2D eigenvalue weighted by Gasteiger charge is 2.11. The monoisotopic (exact) mass is 265 g/mol. The number of hydrogen-bond donors (Lipinski definition) is 1. The molecule has 1 nitrogen and oxygen atoms in total. The van der Waals surface area contributed by atoms with Gasteiger partial charge in [-0.3, -0.25) is 0 Å². The molecule has 2 atom stereocenters. The smallest absolute Gasteiger partial charge is 0.0136 e. The SMILES string of the molecule is Cc1cccc(SCC(N)CC(C)CC(C)C)c1. The normalized spacial score (nSPS) is 14.8. The first-order valence-corrected chi connectivity index (χ1v) is 7.91. The fourth-order valence-electron chi connectivity index (χ4n) is 2.39. The van der Waals surface area contributed by atoms with Crippen molar-refractivity contribution in [2.24, 2.45) is 17.6 Å². The lowest BCUT2D eigenvalue weighted by Gasteiger charge is -2.18. The number of benzene rings is 1. The van der Waals surface area contributed by atoms with Gasteiger partial charge in [-0.2, -0.15) is 0 Å². The van der Waals surface area contributed by atoms with Gasteiger partial charge in [0.05, 0.1) is 0 Å². The molecule has 0 saturated heterocycles. The number of thioether (sulfide) groups is 1. The van der Waals surface area contributed by atoms with Crippen LogP contribution in [0.2, 0.25) is 0 Å². The average molecular weight is 265 g/mol. The molecular weight excluding hydrogens is 238 g/mol. The summed E-state index contributed by atoms with van der Waals surface area (Å²) in [4.78, 5) is 1.34. The lowest BCUT2D eigenvalue weighted by Crippen LogP contribution is -2.25. The first kappa shape index (κ1) is 15.6. The van der Waals surface area contributed by atoms with Gasteiger partial charge >= 0.3 is 0 Å². The minimum Gasteiger partial charge on any atom is -0.327 e. The highest BCUT2D eigenvalue weighted by molar-refractivity contribution is 7.99. The zero-order chi connectivity index (χ0) is 13.5. The van der Waals surface area contributed by atoms with E-state index in [1.807, 2.05) is 11.8 Å². The lowest BCUT2D eigenvalue weighted by atomic mass is 9.93. The van der Waals surface area contributed by atoms with Gasteiger partial charge in [0.2, 0.25) is 0 Å². The maximum Gasteiger partial charge on any atom is 0.0136 e. The summed E-state index contributed by atoms with van der Waals surface area (Å²) in [6.07, 6.45) is 2.42. The molecule has 0 saturated carbocycles. The zero-order valence-corrected chi connectivity index (χ0v) is 13.0. The Labute approximate surface area is 117 Å². The van der Waals surface area contributed by atoms with Crippen LogP contribution >= 0.6 is 11.8 Å². The quantitative estimate of drug-likeness (QED) is 0.735. The zero-order valence-electron chi connectivity index (χ0n) is 12.1. The fourth-order valence-corrected chi connectivity index (χ4v) is 3.38. The molecule has 0 bridgehead atoms. The molecule has 0 aromatic heterocycles. The summed E-state index contributed by atoms with van der Waals surface area (Å²) in [6, 6.07) is 8.96. The Balaban J connectivity index is 2.30. The van der Waals surface area contributed by atoms with Crippen LogP contribution in [0.15, 0.2) is 29.2 Å². The molecule has 0 amide bonds. The van der Waals surface area contributed by atoms with Crippen molar-refractivity contribution in [2.75, 3.05) is 5.75 Å². The maximum absolute atomic E-state index is 6.22. The molecule has 2 unspecified atom stereocenters. The van der Waals surface area contributed by atoms with E-state index in [1.54, 1.807) is 0 Å². The molecule has 0 aliphatic heterocycles. The number of hydrogen-bond acceptors (Lipinski definition) is 2. The van der Waals surface area contributed by atoms with Crippen LogP contribution in [-0.4, -0.2) is 11.8 Å². The number of nitrogens with two attached hydrogens (primary N) is 1. The predicted molar refractivity (Wildman–Crippen MR) is 83.1 cm³/mol. The van der Waals surface area contributed by atoms with Crippen molar-refractivity contribution < 1.29 is 0 Å². The largest absolute Gasteiger partial charge is 0.327 e. The van der Waals surface area contributed by atoms with E-state index < -0.39 is 0 Å². The van der Waals surface area contributed by atoms with Gasteiger partial charge in [0.15, 0.2) is 0 Å². The molecule has 1 aromatic carbocycles. The summed E-state index contributed by atoms with van der Waals surface area (Å²) >= 11 is 1.88. The second-order valence-corrected chi connectivity index (χ2v) is 6.95. The molecule has 0 heterocycles. The molecule has 0 fully saturated rings. The van der Waals surface area contributed by atoms with Crippen molar-refractivity contribution in [3.63, 3.8) is 0 Å². The lowest BCUT2D eigenvalue weighted by molar-refractivity contribution is 0.394. The van der Waals surface area contributed by atoms with Crippen molar-refractivity contribution in [2.45, 2.75) is 51.5 Å².